The van der Waals surface area contributed by atoms with Gasteiger partial charge in [0.05, 0.1) is 23.2 Å². The highest BCUT2D eigenvalue weighted by molar-refractivity contribution is 5.95. The van der Waals surface area contributed by atoms with Crippen LogP contribution in [0.3, 0.4) is 0 Å². The van der Waals surface area contributed by atoms with Crippen LogP contribution in [0.25, 0.3) is 11.0 Å². The molecule has 1 aliphatic rings. The predicted octanol–water partition coefficient (Wildman–Crippen LogP) is 1.42. The van der Waals surface area contributed by atoms with Crippen molar-refractivity contribution in [2.75, 3.05) is 0 Å². The van der Waals surface area contributed by atoms with Crippen LogP contribution >= 0.6 is 0 Å². The smallest absolute Gasteiger partial charge is 0.306 e. The maximum Gasteiger partial charge on any atom is 0.306 e. The van der Waals surface area contributed by atoms with Gasteiger partial charge in [0.15, 0.2) is 0 Å². The number of fused-ring (bicyclic) bond motifs is 1. The van der Waals surface area contributed by atoms with E-state index >= 15 is 0 Å². The standard InChI is InChI=1S/C15H18N4O3/c16-14(20)11-5-13-12(17-6-11)7-18-19(13)8-9-1-3-10(4-2-9)15(21)22/h5-7,9-10H,1-4,8H2,(H2,16,20)(H,21,22). The Hall–Kier alpha value is -2.44. The quantitative estimate of drug-likeness (QED) is 0.887. The molecule has 116 valence electrons. The topological polar surface area (TPSA) is 111 Å². The number of hydrogen-bond acceptors (Lipinski definition) is 4. The Morgan fingerprint density at radius 1 is 1.27 bits per heavy atom. The first-order valence-electron chi connectivity index (χ1n) is 7.38. The second-order valence-corrected chi connectivity index (χ2v) is 5.88. The Morgan fingerprint density at radius 2 is 2.00 bits per heavy atom. The highest BCUT2D eigenvalue weighted by Crippen LogP contribution is 2.30. The van der Waals surface area contributed by atoms with Crippen LogP contribution in [-0.4, -0.2) is 31.7 Å². The summed E-state index contributed by atoms with van der Waals surface area (Å²) in [5.41, 5.74) is 7.17. The van der Waals surface area contributed by atoms with Gasteiger partial charge in [-0.2, -0.15) is 5.10 Å². The first kappa shape index (κ1) is 14.5. The Balaban J connectivity index is 1.75. The first-order chi connectivity index (χ1) is 10.5. The molecule has 2 heterocycles. The number of aliphatic carboxylic acids is 1. The fourth-order valence-electron chi connectivity index (χ4n) is 3.07. The lowest BCUT2D eigenvalue weighted by molar-refractivity contribution is -0.143. The zero-order chi connectivity index (χ0) is 15.7. The van der Waals surface area contributed by atoms with Crippen LogP contribution in [0.4, 0.5) is 0 Å². The number of primary amides is 1. The minimum Gasteiger partial charge on any atom is -0.481 e. The molecule has 0 radical (unpaired) electrons. The van der Waals surface area contributed by atoms with Gasteiger partial charge in [-0.05, 0) is 37.7 Å². The molecule has 2 aromatic heterocycles. The zero-order valence-electron chi connectivity index (χ0n) is 12.1. The molecule has 22 heavy (non-hydrogen) atoms. The van der Waals surface area contributed by atoms with Gasteiger partial charge in [0.2, 0.25) is 5.91 Å². The van der Waals surface area contributed by atoms with E-state index in [1.54, 1.807) is 12.3 Å². The number of rotatable bonds is 4. The van der Waals surface area contributed by atoms with Crippen molar-refractivity contribution in [3.8, 4) is 0 Å². The van der Waals surface area contributed by atoms with Crippen LogP contribution in [0.1, 0.15) is 36.0 Å². The molecule has 7 nitrogen and oxygen atoms in total. The molecule has 0 saturated heterocycles. The summed E-state index contributed by atoms with van der Waals surface area (Å²) in [6.07, 6.45) is 6.30. The van der Waals surface area contributed by atoms with Gasteiger partial charge >= 0.3 is 5.97 Å². The second-order valence-electron chi connectivity index (χ2n) is 5.88. The lowest BCUT2D eigenvalue weighted by Gasteiger charge is -2.26. The maximum atomic E-state index is 11.3. The molecule has 0 atom stereocenters. The molecule has 0 bridgehead atoms. The number of nitrogens with zero attached hydrogens (tertiary/aromatic N) is 3. The monoisotopic (exact) mass is 302 g/mol. The lowest BCUT2D eigenvalue weighted by Crippen LogP contribution is -2.24. The van der Waals surface area contributed by atoms with Crippen LogP contribution in [0.5, 0.6) is 0 Å². The van der Waals surface area contributed by atoms with Gasteiger partial charge in [0, 0.05) is 12.7 Å². The van der Waals surface area contributed by atoms with Gasteiger partial charge in [-0.15, -0.1) is 0 Å². The fourth-order valence-corrected chi connectivity index (χ4v) is 3.07. The van der Waals surface area contributed by atoms with E-state index in [2.05, 4.69) is 10.1 Å². The molecule has 3 rings (SSSR count). The average Bonchev–Trinajstić information content (AvgIpc) is 2.90. The number of nitrogens with two attached hydrogens (primary N) is 1. The average molecular weight is 302 g/mol. The number of carbonyl (C=O) groups excluding carboxylic acids is 1. The SMILES string of the molecule is NC(=O)c1cnc2cnn(CC3CCC(C(=O)O)CC3)c2c1. The van der Waals surface area contributed by atoms with Crippen molar-refractivity contribution in [2.24, 2.45) is 17.6 Å². The van der Waals surface area contributed by atoms with E-state index in [1.807, 2.05) is 4.68 Å². The summed E-state index contributed by atoms with van der Waals surface area (Å²) in [5, 5.41) is 13.4. The zero-order valence-corrected chi connectivity index (χ0v) is 12.1. The van der Waals surface area contributed by atoms with E-state index in [-0.39, 0.29) is 5.92 Å². The molecule has 1 amide bonds. The summed E-state index contributed by atoms with van der Waals surface area (Å²) in [7, 11) is 0. The van der Waals surface area contributed by atoms with E-state index in [4.69, 9.17) is 10.8 Å². The van der Waals surface area contributed by atoms with Gasteiger partial charge in [0.25, 0.3) is 0 Å². The highest BCUT2D eigenvalue weighted by Gasteiger charge is 2.26. The summed E-state index contributed by atoms with van der Waals surface area (Å²) < 4.78 is 1.83. The lowest BCUT2D eigenvalue weighted by atomic mass is 9.82. The third-order valence-electron chi connectivity index (χ3n) is 4.41. The first-order valence-corrected chi connectivity index (χ1v) is 7.38. The molecule has 1 saturated carbocycles. The molecule has 2 aromatic rings. The minimum atomic E-state index is -0.696. The van der Waals surface area contributed by atoms with E-state index in [0.717, 1.165) is 23.9 Å². The number of carboxylic acids is 1. The van der Waals surface area contributed by atoms with Crippen LogP contribution < -0.4 is 5.73 Å². The van der Waals surface area contributed by atoms with Crippen molar-refractivity contribution in [2.45, 2.75) is 32.2 Å². The molecule has 1 fully saturated rings. The third-order valence-corrected chi connectivity index (χ3v) is 4.41. The minimum absolute atomic E-state index is 0.214. The van der Waals surface area contributed by atoms with E-state index < -0.39 is 11.9 Å². The number of aromatic nitrogens is 3. The number of carbonyl (C=O) groups is 2. The third kappa shape index (κ3) is 2.79. The second kappa shape index (κ2) is 5.75. The van der Waals surface area contributed by atoms with Gasteiger partial charge in [-0.25, -0.2) is 0 Å². The van der Waals surface area contributed by atoms with Crippen molar-refractivity contribution < 1.29 is 14.7 Å². The van der Waals surface area contributed by atoms with Crippen LogP contribution in [0, 0.1) is 11.8 Å². The number of hydrogen-bond donors (Lipinski definition) is 2. The van der Waals surface area contributed by atoms with Crippen molar-refractivity contribution >= 4 is 22.9 Å². The Labute approximate surface area is 127 Å². The van der Waals surface area contributed by atoms with Gasteiger partial charge in [-0.1, -0.05) is 0 Å². The molecule has 3 N–H and O–H groups in total. The highest BCUT2D eigenvalue weighted by atomic mass is 16.4. The molecule has 0 unspecified atom stereocenters. The summed E-state index contributed by atoms with van der Waals surface area (Å²) >= 11 is 0. The molecule has 7 heteroatoms. The van der Waals surface area contributed by atoms with Crippen molar-refractivity contribution in [1.29, 1.82) is 0 Å². The largest absolute Gasteiger partial charge is 0.481 e. The maximum absolute atomic E-state index is 11.3. The molecular weight excluding hydrogens is 284 g/mol. The Bertz CT molecular complexity index is 717. The van der Waals surface area contributed by atoms with Crippen molar-refractivity contribution in [1.82, 2.24) is 14.8 Å². The van der Waals surface area contributed by atoms with Crippen LogP contribution in [0.2, 0.25) is 0 Å². The van der Waals surface area contributed by atoms with Crippen molar-refractivity contribution in [3.63, 3.8) is 0 Å². The van der Waals surface area contributed by atoms with Crippen LogP contribution in [-0.2, 0) is 11.3 Å². The molecular formula is C15H18N4O3. The number of amides is 1. The Kier molecular flexibility index (Phi) is 3.79. The van der Waals surface area contributed by atoms with Crippen LogP contribution in [0.15, 0.2) is 18.5 Å². The molecule has 0 spiro atoms. The van der Waals surface area contributed by atoms with Gasteiger partial charge < -0.3 is 10.8 Å². The molecule has 0 aliphatic heterocycles. The van der Waals surface area contributed by atoms with E-state index in [0.29, 0.717) is 30.9 Å². The summed E-state index contributed by atoms with van der Waals surface area (Å²) in [4.78, 5) is 26.4. The summed E-state index contributed by atoms with van der Waals surface area (Å²) in [5.74, 6) is -1.02. The normalized spacial score (nSPS) is 21.8. The van der Waals surface area contributed by atoms with Crippen molar-refractivity contribution in [3.05, 3.63) is 24.0 Å². The Morgan fingerprint density at radius 3 is 2.64 bits per heavy atom. The van der Waals surface area contributed by atoms with Gasteiger partial charge in [0.1, 0.15) is 5.52 Å². The molecule has 0 aromatic carbocycles. The molecule has 1 aliphatic carbocycles. The summed E-state index contributed by atoms with van der Waals surface area (Å²) in [6.45, 7) is 0.708. The number of pyridine rings is 1. The van der Waals surface area contributed by atoms with Gasteiger partial charge in [-0.3, -0.25) is 19.3 Å². The number of carboxylic acid groups (broad SMARTS) is 1. The van der Waals surface area contributed by atoms with E-state index in [1.165, 1.54) is 6.20 Å². The predicted molar refractivity (Wildman–Crippen MR) is 79.1 cm³/mol. The summed E-state index contributed by atoms with van der Waals surface area (Å²) in [6, 6.07) is 1.71. The van der Waals surface area contributed by atoms with E-state index in [9.17, 15) is 9.59 Å². The fraction of sp³-hybridized carbons (Fsp3) is 0.467.